The molecule has 0 aliphatic heterocycles. The average molecular weight is 283 g/mol. The minimum atomic E-state index is 0.234. The third-order valence-corrected chi connectivity index (χ3v) is 4.39. The Morgan fingerprint density at radius 2 is 2.10 bits per heavy atom. The Kier molecular flexibility index (Phi) is 2.82. The van der Waals surface area contributed by atoms with E-state index in [0.717, 1.165) is 48.1 Å². The summed E-state index contributed by atoms with van der Waals surface area (Å²) in [4.78, 5) is 8.66. The number of aliphatic hydroxyl groups excluding tert-OH is 1. The van der Waals surface area contributed by atoms with Gasteiger partial charge in [-0.3, -0.25) is 0 Å². The van der Waals surface area contributed by atoms with Gasteiger partial charge in [0, 0.05) is 18.5 Å². The van der Waals surface area contributed by atoms with Gasteiger partial charge >= 0.3 is 0 Å². The molecular weight excluding hydrogens is 266 g/mol. The van der Waals surface area contributed by atoms with E-state index < -0.39 is 0 Å². The van der Waals surface area contributed by atoms with Crippen LogP contribution in [0.25, 0.3) is 22.1 Å². The van der Waals surface area contributed by atoms with E-state index in [1.165, 1.54) is 0 Å². The molecule has 108 valence electrons. The molecule has 0 radical (unpaired) electrons. The van der Waals surface area contributed by atoms with Crippen LogP contribution < -0.4 is 5.32 Å². The van der Waals surface area contributed by atoms with Crippen LogP contribution in [-0.4, -0.2) is 28.2 Å². The van der Waals surface area contributed by atoms with Crippen molar-refractivity contribution >= 4 is 27.9 Å². The van der Waals surface area contributed by atoms with Crippen LogP contribution in [0.15, 0.2) is 35.0 Å². The van der Waals surface area contributed by atoms with E-state index in [-0.39, 0.29) is 12.0 Å². The van der Waals surface area contributed by atoms with Gasteiger partial charge in [-0.25, -0.2) is 9.97 Å². The first kappa shape index (κ1) is 12.6. The number of nitrogens with one attached hydrogen (secondary N) is 1. The number of rotatable bonds is 5. The number of aromatic nitrogens is 2. The molecule has 2 heterocycles. The quantitative estimate of drug-likeness (QED) is 0.753. The summed E-state index contributed by atoms with van der Waals surface area (Å²) in [7, 11) is 0. The van der Waals surface area contributed by atoms with Gasteiger partial charge < -0.3 is 14.8 Å². The molecule has 1 fully saturated rings. The molecule has 21 heavy (non-hydrogen) atoms. The van der Waals surface area contributed by atoms with Gasteiger partial charge in [-0.15, -0.1) is 0 Å². The second-order valence-corrected chi connectivity index (χ2v) is 5.83. The molecule has 0 atom stereocenters. The number of hydrogen-bond donors (Lipinski definition) is 2. The lowest BCUT2D eigenvalue weighted by Crippen LogP contribution is -2.17. The average Bonchev–Trinajstić information content (AvgIpc) is 3.17. The molecule has 0 saturated heterocycles. The highest BCUT2D eigenvalue weighted by molar-refractivity contribution is 6.05. The Morgan fingerprint density at radius 3 is 2.90 bits per heavy atom. The lowest BCUT2D eigenvalue weighted by atomic mass is 10.0. The number of furan rings is 1. The Balaban J connectivity index is 1.69. The molecule has 0 bridgehead atoms. The molecule has 0 spiro atoms. The number of nitrogens with zero attached hydrogens (tertiary/aromatic N) is 2. The zero-order chi connectivity index (χ0) is 14.3. The molecule has 1 saturated carbocycles. The number of hydrogen-bond acceptors (Lipinski definition) is 5. The molecule has 2 N–H and O–H groups in total. The molecule has 3 aromatic rings. The van der Waals surface area contributed by atoms with Crippen molar-refractivity contribution in [3.63, 3.8) is 0 Å². The Bertz CT molecular complexity index is 792. The van der Waals surface area contributed by atoms with Crippen molar-refractivity contribution in [3.05, 3.63) is 30.6 Å². The highest BCUT2D eigenvalue weighted by atomic mass is 16.3. The third-order valence-electron chi connectivity index (χ3n) is 4.39. The van der Waals surface area contributed by atoms with Crippen molar-refractivity contribution in [2.45, 2.75) is 19.3 Å². The number of aliphatic hydroxyl groups is 1. The maximum atomic E-state index is 9.13. The largest absolute Gasteiger partial charge is 0.450 e. The summed E-state index contributed by atoms with van der Waals surface area (Å²) in [6.45, 7) is 1.06. The van der Waals surface area contributed by atoms with E-state index in [9.17, 15) is 0 Å². The minimum Gasteiger partial charge on any atom is -0.450 e. The second-order valence-electron chi connectivity index (χ2n) is 5.83. The van der Waals surface area contributed by atoms with Crippen LogP contribution in [0.1, 0.15) is 19.3 Å². The Hall–Kier alpha value is -2.14. The van der Waals surface area contributed by atoms with Crippen LogP contribution in [0, 0.1) is 5.41 Å². The zero-order valence-electron chi connectivity index (χ0n) is 11.7. The molecule has 0 amide bonds. The van der Waals surface area contributed by atoms with Crippen LogP contribution in [0.2, 0.25) is 0 Å². The fourth-order valence-electron chi connectivity index (χ4n) is 2.85. The third kappa shape index (κ3) is 2.14. The summed E-state index contributed by atoms with van der Waals surface area (Å²) < 4.78 is 5.89. The van der Waals surface area contributed by atoms with Gasteiger partial charge in [0.25, 0.3) is 0 Å². The van der Waals surface area contributed by atoms with E-state index in [0.29, 0.717) is 5.58 Å². The molecule has 4 rings (SSSR count). The molecule has 1 aliphatic rings. The van der Waals surface area contributed by atoms with Crippen LogP contribution in [0.4, 0.5) is 5.82 Å². The molecule has 5 nitrogen and oxygen atoms in total. The van der Waals surface area contributed by atoms with Gasteiger partial charge in [0.1, 0.15) is 17.4 Å². The number of para-hydroxylation sites is 1. The summed E-state index contributed by atoms with van der Waals surface area (Å²) in [6, 6.07) is 7.87. The molecule has 1 aromatic carbocycles. The van der Waals surface area contributed by atoms with E-state index in [4.69, 9.17) is 9.52 Å². The lowest BCUT2D eigenvalue weighted by Gasteiger charge is -2.14. The van der Waals surface area contributed by atoms with Gasteiger partial charge in [-0.05, 0) is 36.8 Å². The number of anilines is 1. The van der Waals surface area contributed by atoms with Crippen LogP contribution in [0.3, 0.4) is 0 Å². The van der Waals surface area contributed by atoms with Crippen molar-refractivity contribution < 1.29 is 9.52 Å². The SMILES string of the molecule is OCCC1(CNc2ncnc3c2oc2ccccc23)CC1. The van der Waals surface area contributed by atoms with E-state index in [1.807, 2.05) is 24.3 Å². The monoisotopic (exact) mass is 283 g/mol. The summed E-state index contributed by atoms with van der Waals surface area (Å²) in [5, 5.41) is 13.5. The van der Waals surface area contributed by atoms with Gasteiger partial charge in [0.2, 0.25) is 0 Å². The first-order chi connectivity index (χ1) is 10.3. The fourth-order valence-corrected chi connectivity index (χ4v) is 2.85. The fraction of sp³-hybridized carbons (Fsp3) is 0.375. The topological polar surface area (TPSA) is 71.2 Å². The second kappa shape index (κ2) is 4.70. The summed E-state index contributed by atoms with van der Waals surface area (Å²) in [5.41, 5.74) is 2.61. The smallest absolute Gasteiger partial charge is 0.196 e. The standard InChI is InChI=1S/C16H17N3O2/c20-8-7-16(5-6-16)9-17-15-14-13(18-10-19-15)11-3-1-2-4-12(11)21-14/h1-4,10,20H,5-9H2,(H,17,18,19). The van der Waals surface area contributed by atoms with Gasteiger partial charge in [-0.1, -0.05) is 12.1 Å². The van der Waals surface area contributed by atoms with Crippen molar-refractivity contribution in [1.82, 2.24) is 9.97 Å². The van der Waals surface area contributed by atoms with Gasteiger partial charge in [-0.2, -0.15) is 0 Å². The molecular formula is C16H17N3O2. The molecule has 5 heteroatoms. The molecule has 1 aliphatic carbocycles. The van der Waals surface area contributed by atoms with E-state index >= 15 is 0 Å². The highest BCUT2D eigenvalue weighted by Crippen LogP contribution is 2.48. The first-order valence-corrected chi connectivity index (χ1v) is 7.28. The maximum Gasteiger partial charge on any atom is 0.196 e. The maximum absolute atomic E-state index is 9.13. The minimum absolute atomic E-state index is 0.234. The van der Waals surface area contributed by atoms with E-state index in [2.05, 4.69) is 15.3 Å². The van der Waals surface area contributed by atoms with Crippen LogP contribution in [0.5, 0.6) is 0 Å². The first-order valence-electron chi connectivity index (χ1n) is 7.28. The van der Waals surface area contributed by atoms with Crippen molar-refractivity contribution in [1.29, 1.82) is 0 Å². The van der Waals surface area contributed by atoms with Crippen LogP contribution >= 0.6 is 0 Å². The highest BCUT2D eigenvalue weighted by Gasteiger charge is 2.41. The molecule has 0 unspecified atom stereocenters. The van der Waals surface area contributed by atoms with Crippen molar-refractivity contribution in [2.24, 2.45) is 5.41 Å². The van der Waals surface area contributed by atoms with Crippen molar-refractivity contribution in [3.8, 4) is 0 Å². The normalized spacial score (nSPS) is 16.4. The van der Waals surface area contributed by atoms with E-state index in [1.54, 1.807) is 6.33 Å². The Labute approximate surface area is 122 Å². The Morgan fingerprint density at radius 1 is 1.24 bits per heavy atom. The zero-order valence-corrected chi connectivity index (χ0v) is 11.7. The number of benzene rings is 1. The van der Waals surface area contributed by atoms with Crippen molar-refractivity contribution in [2.75, 3.05) is 18.5 Å². The summed E-state index contributed by atoms with van der Waals surface area (Å²) >= 11 is 0. The molecule has 2 aromatic heterocycles. The number of fused-ring (bicyclic) bond motifs is 3. The van der Waals surface area contributed by atoms with Crippen LogP contribution in [-0.2, 0) is 0 Å². The van der Waals surface area contributed by atoms with Gasteiger partial charge in [0.05, 0.1) is 0 Å². The summed E-state index contributed by atoms with van der Waals surface area (Å²) in [6.07, 6.45) is 4.73. The lowest BCUT2D eigenvalue weighted by molar-refractivity contribution is 0.253. The predicted molar refractivity (Wildman–Crippen MR) is 81.2 cm³/mol. The van der Waals surface area contributed by atoms with Gasteiger partial charge in [0.15, 0.2) is 11.4 Å². The predicted octanol–water partition coefficient (Wildman–Crippen LogP) is 2.95. The summed E-state index contributed by atoms with van der Waals surface area (Å²) in [5.74, 6) is 0.736.